The van der Waals surface area contributed by atoms with Crippen LogP contribution < -0.4 is 4.90 Å². The first-order chi connectivity index (χ1) is 30.3. The van der Waals surface area contributed by atoms with Crippen LogP contribution in [0.2, 0.25) is 0 Å². The Labute approximate surface area is 354 Å². The van der Waals surface area contributed by atoms with E-state index in [2.05, 4.69) is 251 Å². The van der Waals surface area contributed by atoms with Gasteiger partial charge in [0.2, 0.25) is 0 Å². The molecule has 0 aliphatic heterocycles. The van der Waals surface area contributed by atoms with E-state index in [4.69, 9.17) is 0 Å². The van der Waals surface area contributed by atoms with Gasteiger partial charge in [-0.2, -0.15) is 0 Å². The second-order valence-corrected chi connectivity index (χ2v) is 15.7. The first kappa shape index (κ1) is 34.9. The smallest absolute Gasteiger partial charge is 0.0546 e. The van der Waals surface area contributed by atoms with Crippen molar-refractivity contribution in [2.45, 2.75) is 0 Å². The van der Waals surface area contributed by atoms with Gasteiger partial charge in [0, 0.05) is 49.6 Å². The Hall–Kier alpha value is -8.14. The molecule has 0 fully saturated rings. The monoisotopic (exact) mass is 777 g/mol. The zero-order chi connectivity index (χ0) is 40.3. The third-order valence-electron chi connectivity index (χ3n) is 12.3. The lowest BCUT2D eigenvalue weighted by Gasteiger charge is -2.28. The summed E-state index contributed by atoms with van der Waals surface area (Å²) in [7, 11) is 0. The molecule has 0 unspecified atom stereocenters. The Kier molecular flexibility index (Phi) is 8.17. The average Bonchev–Trinajstić information content (AvgIpc) is 3.85. The molecule has 0 saturated carbocycles. The van der Waals surface area contributed by atoms with Crippen molar-refractivity contribution in [2.24, 2.45) is 0 Å². The van der Waals surface area contributed by atoms with Crippen molar-refractivity contribution in [3.05, 3.63) is 237 Å². The van der Waals surface area contributed by atoms with Gasteiger partial charge in [-0.15, -0.1) is 0 Å². The van der Waals surface area contributed by atoms with Crippen molar-refractivity contribution >= 4 is 71.4 Å². The molecule has 2 heterocycles. The molecule has 0 N–H and O–H groups in total. The number of hydrogen-bond donors (Lipinski definition) is 0. The van der Waals surface area contributed by atoms with Crippen LogP contribution in [0, 0.1) is 0 Å². The molecule has 0 radical (unpaired) electrons. The van der Waals surface area contributed by atoms with E-state index in [1.807, 2.05) is 0 Å². The number of benzene rings is 10. The lowest BCUT2D eigenvalue weighted by atomic mass is 9.93. The van der Waals surface area contributed by atoms with Crippen LogP contribution in [-0.2, 0) is 0 Å². The number of nitrogens with zero attached hydrogens (tertiary/aromatic N) is 3. The number of anilines is 3. The number of para-hydroxylation sites is 6. The van der Waals surface area contributed by atoms with Crippen LogP contribution in [0.3, 0.4) is 0 Å². The highest BCUT2D eigenvalue weighted by Crippen LogP contribution is 2.45. The third kappa shape index (κ3) is 5.66. The molecule has 61 heavy (non-hydrogen) atoms. The maximum Gasteiger partial charge on any atom is 0.0546 e. The van der Waals surface area contributed by atoms with Gasteiger partial charge in [0.25, 0.3) is 0 Å². The summed E-state index contributed by atoms with van der Waals surface area (Å²) in [5.74, 6) is 0. The van der Waals surface area contributed by atoms with E-state index in [1.165, 1.54) is 65.6 Å². The Bertz CT molecular complexity index is 3430. The summed E-state index contributed by atoms with van der Waals surface area (Å²) in [6.07, 6.45) is 0. The zero-order valence-corrected chi connectivity index (χ0v) is 33.4. The highest BCUT2D eigenvalue weighted by Gasteiger charge is 2.21. The minimum atomic E-state index is 1.10. The summed E-state index contributed by atoms with van der Waals surface area (Å²) in [5.41, 5.74) is 15.1. The highest BCUT2D eigenvalue weighted by atomic mass is 15.1. The maximum atomic E-state index is 2.43. The van der Waals surface area contributed by atoms with Crippen molar-refractivity contribution in [2.75, 3.05) is 4.90 Å². The molecule has 0 aliphatic carbocycles. The van der Waals surface area contributed by atoms with Gasteiger partial charge in [-0.25, -0.2) is 0 Å². The Balaban J connectivity index is 1.06. The Morgan fingerprint density at radius 3 is 1.21 bits per heavy atom. The van der Waals surface area contributed by atoms with Crippen LogP contribution in [0.1, 0.15) is 0 Å². The van der Waals surface area contributed by atoms with Gasteiger partial charge in [-0.1, -0.05) is 164 Å². The Morgan fingerprint density at radius 1 is 0.279 bits per heavy atom. The molecule has 3 nitrogen and oxygen atoms in total. The van der Waals surface area contributed by atoms with Crippen LogP contribution in [0.5, 0.6) is 0 Å². The summed E-state index contributed by atoms with van der Waals surface area (Å²) in [5, 5.41) is 7.46. The van der Waals surface area contributed by atoms with Gasteiger partial charge < -0.3 is 14.0 Å². The minimum Gasteiger partial charge on any atom is -0.310 e. The van der Waals surface area contributed by atoms with Crippen molar-refractivity contribution < 1.29 is 0 Å². The molecule has 12 rings (SSSR count). The van der Waals surface area contributed by atoms with Gasteiger partial charge in [0.05, 0.1) is 33.4 Å². The van der Waals surface area contributed by atoms with Crippen LogP contribution in [0.4, 0.5) is 17.1 Å². The quantitative estimate of drug-likeness (QED) is 0.157. The molecule has 12 aromatic rings. The molecule has 0 atom stereocenters. The van der Waals surface area contributed by atoms with Crippen LogP contribution in [0.25, 0.3) is 88.0 Å². The second kappa shape index (κ2) is 14.3. The number of fused-ring (bicyclic) bond motifs is 7. The van der Waals surface area contributed by atoms with Crippen LogP contribution >= 0.6 is 0 Å². The first-order valence-electron chi connectivity index (χ1n) is 20.9. The molecular formula is C58H39N3. The lowest BCUT2D eigenvalue weighted by Crippen LogP contribution is -2.11. The van der Waals surface area contributed by atoms with Gasteiger partial charge in [0.15, 0.2) is 0 Å². The summed E-state index contributed by atoms with van der Waals surface area (Å²) in [4.78, 5) is 2.40. The van der Waals surface area contributed by atoms with Gasteiger partial charge in [0.1, 0.15) is 0 Å². The van der Waals surface area contributed by atoms with Crippen molar-refractivity contribution in [3.8, 4) is 33.6 Å². The van der Waals surface area contributed by atoms with E-state index >= 15 is 0 Å². The predicted molar refractivity (Wildman–Crippen MR) is 258 cm³/mol. The molecule has 0 aliphatic rings. The first-order valence-corrected chi connectivity index (χ1v) is 20.9. The fraction of sp³-hybridized carbons (Fsp3) is 0. The lowest BCUT2D eigenvalue weighted by molar-refractivity contribution is 1.18. The largest absolute Gasteiger partial charge is 0.310 e. The van der Waals surface area contributed by atoms with E-state index in [-0.39, 0.29) is 0 Å². The van der Waals surface area contributed by atoms with E-state index in [0.717, 1.165) is 39.4 Å². The minimum absolute atomic E-state index is 1.10. The fourth-order valence-electron chi connectivity index (χ4n) is 9.61. The van der Waals surface area contributed by atoms with Crippen molar-refractivity contribution in [3.63, 3.8) is 0 Å². The second-order valence-electron chi connectivity index (χ2n) is 15.7. The molecule has 0 bridgehead atoms. The van der Waals surface area contributed by atoms with Gasteiger partial charge >= 0.3 is 0 Å². The standard InChI is InChI=1S/C58H39N3/c1-3-17-42(18-4-1)59(43-19-5-2-6-20-43)58-39-41(33-36-46(58)40-31-34-44(35-32-40)60-53-27-13-9-23-49(53)50-24-10-14-28-54(50)60)45-37-38-57(48-22-8-7-21-47(45)48)61-55-29-15-11-25-51(55)52-26-12-16-30-56(52)61/h1-39H. The topological polar surface area (TPSA) is 13.1 Å². The van der Waals surface area contributed by atoms with E-state index < -0.39 is 0 Å². The summed E-state index contributed by atoms with van der Waals surface area (Å²) >= 11 is 0. The van der Waals surface area contributed by atoms with Gasteiger partial charge in [-0.05, 0) is 94.9 Å². The van der Waals surface area contributed by atoms with E-state index in [1.54, 1.807) is 0 Å². The van der Waals surface area contributed by atoms with E-state index in [9.17, 15) is 0 Å². The number of hydrogen-bond acceptors (Lipinski definition) is 1. The molecule has 3 heteroatoms. The molecule has 286 valence electrons. The molecule has 2 aromatic heterocycles. The predicted octanol–water partition coefficient (Wildman–Crippen LogP) is 15.8. The fourth-order valence-corrected chi connectivity index (χ4v) is 9.61. The van der Waals surface area contributed by atoms with Gasteiger partial charge in [-0.3, -0.25) is 0 Å². The van der Waals surface area contributed by atoms with Crippen LogP contribution in [0.15, 0.2) is 237 Å². The van der Waals surface area contributed by atoms with Crippen molar-refractivity contribution in [1.82, 2.24) is 9.13 Å². The number of aromatic nitrogens is 2. The van der Waals surface area contributed by atoms with Crippen molar-refractivity contribution in [1.29, 1.82) is 0 Å². The SMILES string of the molecule is c1ccc(N(c2ccccc2)c2cc(-c3ccc(-n4c5ccccc5c5ccccc54)c4ccccc34)ccc2-c2ccc(-n3c4ccccc4c4ccccc43)cc2)cc1. The van der Waals surface area contributed by atoms with Crippen LogP contribution in [-0.4, -0.2) is 9.13 Å². The van der Waals surface area contributed by atoms with E-state index in [0.29, 0.717) is 0 Å². The molecule has 0 spiro atoms. The molecule has 0 saturated heterocycles. The maximum absolute atomic E-state index is 2.43. The highest BCUT2D eigenvalue weighted by molar-refractivity contribution is 6.12. The number of rotatable bonds is 7. The summed E-state index contributed by atoms with van der Waals surface area (Å²) in [6.45, 7) is 0. The molecular weight excluding hydrogens is 739 g/mol. The average molecular weight is 778 g/mol. The zero-order valence-electron chi connectivity index (χ0n) is 33.4. The normalized spacial score (nSPS) is 11.6. The third-order valence-corrected chi connectivity index (χ3v) is 12.3. The summed E-state index contributed by atoms with van der Waals surface area (Å²) in [6, 6.07) is 85.9. The Morgan fingerprint density at radius 2 is 0.689 bits per heavy atom. The molecule has 10 aromatic carbocycles. The summed E-state index contributed by atoms with van der Waals surface area (Å²) < 4.78 is 4.81. The molecule has 0 amide bonds.